The molecule has 0 spiro atoms. The third-order valence-electron chi connectivity index (χ3n) is 3.57. The maximum Gasteiger partial charge on any atom is 0.138 e. The summed E-state index contributed by atoms with van der Waals surface area (Å²) in [5.74, 6) is 1.01. The fourth-order valence-corrected chi connectivity index (χ4v) is 2.81. The Morgan fingerprint density at radius 1 is 1.29 bits per heavy atom. The molecule has 0 aliphatic rings. The molecule has 0 amide bonds. The third kappa shape index (κ3) is 3.46. The van der Waals surface area contributed by atoms with Crippen LogP contribution in [0.2, 0.25) is 0 Å². The maximum atomic E-state index is 4.64. The second kappa shape index (κ2) is 5.21. The zero-order chi connectivity index (χ0) is 15.8. The fourth-order valence-electron chi connectivity index (χ4n) is 2.81. The molecule has 2 heterocycles. The van der Waals surface area contributed by atoms with Crippen molar-refractivity contribution < 1.29 is 0 Å². The van der Waals surface area contributed by atoms with Gasteiger partial charge in [0.25, 0.3) is 0 Å². The molecule has 21 heavy (non-hydrogen) atoms. The van der Waals surface area contributed by atoms with Gasteiger partial charge >= 0.3 is 0 Å². The smallest absolute Gasteiger partial charge is 0.138 e. The molecule has 0 aliphatic carbocycles. The molecule has 0 saturated carbocycles. The van der Waals surface area contributed by atoms with Crippen molar-refractivity contribution in [1.82, 2.24) is 14.7 Å². The van der Waals surface area contributed by atoms with Crippen molar-refractivity contribution >= 4 is 5.52 Å². The van der Waals surface area contributed by atoms with Crippen LogP contribution in [0.1, 0.15) is 52.4 Å². The number of nitrogens with zero attached hydrogens (tertiary/aromatic N) is 2. The normalized spacial score (nSPS) is 12.7. The molecule has 3 nitrogen and oxygen atoms in total. The highest BCUT2D eigenvalue weighted by atomic mass is 15.1. The second-order valence-electron chi connectivity index (χ2n) is 7.62. The number of aryl methyl sites for hydroxylation is 1. The third-order valence-corrected chi connectivity index (χ3v) is 3.57. The Kier molecular flexibility index (Phi) is 3.87. The highest BCUT2D eigenvalue weighted by Crippen LogP contribution is 2.27. The minimum absolute atomic E-state index is 0.228. The molecule has 3 heteroatoms. The Hall–Kier alpha value is -1.77. The molecule has 2 aromatic rings. The summed E-state index contributed by atoms with van der Waals surface area (Å²) >= 11 is 0. The largest absolute Gasteiger partial charge is 0.377 e. The lowest BCUT2D eigenvalue weighted by Gasteiger charge is -2.30. The van der Waals surface area contributed by atoms with Crippen LogP contribution in [0.25, 0.3) is 5.52 Å². The first kappa shape index (κ1) is 15.6. The number of hydrogen-bond donors (Lipinski definition) is 1. The number of fused-ring (bicyclic) bond motifs is 1. The van der Waals surface area contributed by atoms with E-state index in [1.807, 2.05) is 6.20 Å². The first-order valence-electron chi connectivity index (χ1n) is 7.49. The molecule has 0 saturated heterocycles. The average molecular weight is 285 g/mol. The van der Waals surface area contributed by atoms with Gasteiger partial charge in [0.2, 0.25) is 0 Å². The lowest BCUT2D eigenvalue weighted by atomic mass is 9.90. The van der Waals surface area contributed by atoms with E-state index in [1.54, 1.807) is 0 Å². The molecule has 2 aromatic heterocycles. The Morgan fingerprint density at radius 2 is 1.95 bits per heavy atom. The monoisotopic (exact) mass is 285 g/mol. The summed E-state index contributed by atoms with van der Waals surface area (Å²) < 4.78 is 2.16. The molecular formula is C18H27N3. The van der Waals surface area contributed by atoms with E-state index in [2.05, 4.69) is 81.2 Å². The van der Waals surface area contributed by atoms with Crippen molar-refractivity contribution in [2.45, 2.75) is 53.5 Å². The molecule has 0 aliphatic heterocycles. The van der Waals surface area contributed by atoms with E-state index in [0.29, 0.717) is 0 Å². The zero-order valence-electron chi connectivity index (χ0n) is 14.1. The van der Waals surface area contributed by atoms with Gasteiger partial charge in [0, 0.05) is 11.9 Å². The standard InChI is InChI=1S/C18H27N3/c1-13-9-8-10-21-15(13)12-19-16(21)18(6,7)20-14(2)11-17(3,4)5/h8-10,12,20H,2,11H2,1,3-7H3. The topological polar surface area (TPSA) is 29.3 Å². The summed E-state index contributed by atoms with van der Waals surface area (Å²) in [5, 5.41) is 3.55. The van der Waals surface area contributed by atoms with Crippen LogP contribution in [0, 0.1) is 12.3 Å². The number of hydrogen-bond acceptors (Lipinski definition) is 2. The second-order valence-corrected chi connectivity index (χ2v) is 7.62. The van der Waals surface area contributed by atoms with Gasteiger partial charge in [-0.15, -0.1) is 0 Å². The first-order chi connectivity index (χ1) is 9.60. The fraction of sp³-hybridized carbons (Fsp3) is 0.500. The van der Waals surface area contributed by atoms with Crippen LogP contribution in [0.5, 0.6) is 0 Å². The number of allylic oxidation sites excluding steroid dienone is 1. The van der Waals surface area contributed by atoms with Crippen molar-refractivity contribution in [3.8, 4) is 0 Å². The van der Waals surface area contributed by atoms with Crippen LogP contribution in [0.15, 0.2) is 36.8 Å². The quantitative estimate of drug-likeness (QED) is 0.901. The van der Waals surface area contributed by atoms with Crippen LogP contribution in [-0.4, -0.2) is 9.38 Å². The van der Waals surface area contributed by atoms with Gasteiger partial charge in [-0.3, -0.25) is 0 Å². The van der Waals surface area contributed by atoms with Crippen molar-refractivity contribution in [3.63, 3.8) is 0 Å². The number of nitrogens with one attached hydrogen (secondary N) is 1. The predicted molar refractivity (Wildman–Crippen MR) is 89.3 cm³/mol. The van der Waals surface area contributed by atoms with E-state index in [-0.39, 0.29) is 11.0 Å². The van der Waals surface area contributed by atoms with E-state index < -0.39 is 0 Å². The van der Waals surface area contributed by atoms with Crippen LogP contribution >= 0.6 is 0 Å². The van der Waals surface area contributed by atoms with Gasteiger partial charge in [-0.1, -0.05) is 33.4 Å². The van der Waals surface area contributed by atoms with E-state index in [1.165, 1.54) is 5.56 Å². The SMILES string of the molecule is C=C(CC(C)(C)C)NC(C)(C)c1ncc2c(C)cccn12. The van der Waals surface area contributed by atoms with E-state index >= 15 is 0 Å². The van der Waals surface area contributed by atoms with Crippen molar-refractivity contribution in [2.75, 3.05) is 0 Å². The van der Waals surface area contributed by atoms with Crippen molar-refractivity contribution in [1.29, 1.82) is 0 Å². The van der Waals surface area contributed by atoms with Gasteiger partial charge in [0.15, 0.2) is 0 Å². The van der Waals surface area contributed by atoms with Gasteiger partial charge in [-0.05, 0) is 44.2 Å². The van der Waals surface area contributed by atoms with Gasteiger partial charge in [0.05, 0.1) is 17.3 Å². The average Bonchev–Trinajstić information content (AvgIpc) is 2.71. The van der Waals surface area contributed by atoms with Gasteiger partial charge in [-0.25, -0.2) is 4.98 Å². The molecule has 0 radical (unpaired) electrons. The molecule has 0 unspecified atom stereocenters. The molecule has 114 valence electrons. The Labute approximate surface area is 128 Å². The van der Waals surface area contributed by atoms with Gasteiger partial charge in [-0.2, -0.15) is 0 Å². The summed E-state index contributed by atoms with van der Waals surface area (Å²) in [5.41, 5.74) is 3.41. The summed E-state index contributed by atoms with van der Waals surface area (Å²) in [4.78, 5) is 4.64. The van der Waals surface area contributed by atoms with Crippen LogP contribution in [-0.2, 0) is 5.54 Å². The Bertz CT molecular complexity index is 657. The highest BCUT2D eigenvalue weighted by Gasteiger charge is 2.27. The van der Waals surface area contributed by atoms with Crippen LogP contribution < -0.4 is 5.32 Å². The van der Waals surface area contributed by atoms with Gasteiger partial charge in [0.1, 0.15) is 5.82 Å². The van der Waals surface area contributed by atoms with Crippen LogP contribution in [0.3, 0.4) is 0 Å². The lowest BCUT2D eigenvalue weighted by Crippen LogP contribution is -2.38. The number of pyridine rings is 1. The van der Waals surface area contributed by atoms with E-state index in [0.717, 1.165) is 23.5 Å². The number of rotatable bonds is 4. The first-order valence-corrected chi connectivity index (χ1v) is 7.49. The molecule has 0 bridgehead atoms. The van der Waals surface area contributed by atoms with E-state index in [4.69, 9.17) is 0 Å². The number of aromatic nitrogens is 2. The maximum absolute atomic E-state index is 4.64. The Balaban J connectivity index is 2.30. The Morgan fingerprint density at radius 3 is 2.57 bits per heavy atom. The number of imidazole rings is 1. The predicted octanol–water partition coefficient (Wildman–Crippen LogP) is 4.42. The molecular weight excluding hydrogens is 258 g/mol. The van der Waals surface area contributed by atoms with E-state index in [9.17, 15) is 0 Å². The minimum Gasteiger partial charge on any atom is -0.377 e. The van der Waals surface area contributed by atoms with Crippen molar-refractivity contribution in [2.24, 2.45) is 5.41 Å². The summed E-state index contributed by atoms with van der Waals surface area (Å²) in [7, 11) is 0. The summed E-state index contributed by atoms with van der Waals surface area (Å²) in [6, 6.07) is 4.17. The minimum atomic E-state index is -0.261. The molecule has 0 fully saturated rings. The molecule has 1 N–H and O–H groups in total. The highest BCUT2D eigenvalue weighted by molar-refractivity contribution is 5.53. The molecule has 0 aromatic carbocycles. The van der Waals surface area contributed by atoms with Gasteiger partial charge < -0.3 is 9.72 Å². The van der Waals surface area contributed by atoms with Crippen molar-refractivity contribution in [3.05, 3.63) is 48.2 Å². The molecule has 0 atom stereocenters. The molecule has 2 rings (SSSR count). The zero-order valence-corrected chi connectivity index (χ0v) is 14.1. The summed E-state index contributed by atoms with van der Waals surface area (Å²) in [6.07, 6.45) is 4.96. The summed E-state index contributed by atoms with van der Waals surface area (Å²) in [6.45, 7) is 17.3. The van der Waals surface area contributed by atoms with Crippen LogP contribution in [0.4, 0.5) is 0 Å². The lowest BCUT2D eigenvalue weighted by molar-refractivity contribution is 0.356.